The second kappa shape index (κ2) is 7.97. The van der Waals surface area contributed by atoms with Crippen LogP contribution in [0.5, 0.6) is 11.5 Å². The van der Waals surface area contributed by atoms with Crippen molar-refractivity contribution in [2.45, 2.75) is 23.2 Å². The summed E-state index contributed by atoms with van der Waals surface area (Å²) in [7, 11) is -0.967. The van der Waals surface area contributed by atoms with Gasteiger partial charge in [-0.1, -0.05) is 18.2 Å². The number of rotatable bonds is 6. The number of hydrogen-bond acceptors (Lipinski definition) is 6. The van der Waals surface area contributed by atoms with E-state index in [0.29, 0.717) is 24.9 Å². The predicted octanol–water partition coefficient (Wildman–Crippen LogP) is 1.97. The number of anilines is 1. The van der Waals surface area contributed by atoms with Gasteiger partial charge in [0.2, 0.25) is 15.9 Å². The highest BCUT2D eigenvalue weighted by Crippen LogP contribution is 2.48. The van der Waals surface area contributed by atoms with Crippen molar-refractivity contribution in [3.63, 3.8) is 0 Å². The molecule has 2 aromatic carbocycles. The summed E-state index contributed by atoms with van der Waals surface area (Å²) >= 11 is 0. The Balaban J connectivity index is 1.65. The Hall–Kier alpha value is -2.91. The molecule has 0 aromatic heterocycles. The third kappa shape index (κ3) is 3.28. The van der Waals surface area contributed by atoms with Crippen LogP contribution in [0.1, 0.15) is 18.4 Å². The summed E-state index contributed by atoms with van der Waals surface area (Å²) in [5, 5.41) is 0. The van der Waals surface area contributed by atoms with E-state index in [-0.39, 0.29) is 36.2 Å². The number of amides is 1. The average molecular weight is 445 g/mol. The molecule has 31 heavy (non-hydrogen) atoms. The molecular weight excluding hydrogens is 420 g/mol. The maximum atomic E-state index is 13.4. The molecule has 2 heterocycles. The molecule has 1 saturated heterocycles. The maximum Gasteiger partial charge on any atom is 0.246 e. The van der Waals surface area contributed by atoms with E-state index >= 15 is 0 Å². The maximum absolute atomic E-state index is 13.4. The zero-order valence-corrected chi connectivity index (χ0v) is 18.2. The molecule has 1 spiro atoms. The monoisotopic (exact) mass is 444 g/mol. The third-order valence-corrected chi connectivity index (χ3v) is 8.11. The number of sulfonamides is 1. The van der Waals surface area contributed by atoms with Crippen molar-refractivity contribution in [2.75, 3.05) is 38.8 Å². The lowest BCUT2D eigenvalue weighted by Gasteiger charge is -2.37. The molecule has 164 valence electrons. The van der Waals surface area contributed by atoms with Crippen LogP contribution in [0.4, 0.5) is 5.69 Å². The van der Waals surface area contributed by atoms with Crippen molar-refractivity contribution in [3.05, 3.63) is 48.0 Å². The Morgan fingerprint density at radius 3 is 2.42 bits per heavy atom. The molecule has 0 aliphatic carbocycles. The van der Waals surface area contributed by atoms with E-state index < -0.39 is 15.4 Å². The minimum absolute atomic E-state index is 0.0133. The van der Waals surface area contributed by atoms with Crippen LogP contribution in [0.15, 0.2) is 47.4 Å². The van der Waals surface area contributed by atoms with Crippen LogP contribution in [-0.2, 0) is 25.0 Å². The van der Waals surface area contributed by atoms with Gasteiger partial charge in [-0.05, 0) is 36.6 Å². The number of benzene rings is 2. The average Bonchev–Trinajstić information content (AvgIpc) is 3.02. The van der Waals surface area contributed by atoms with Gasteiger partial charge >= 0.3 is 0 Å². The number of piperidine rings is 1. The molecule has 4 rings (SSSR count). The summed E-state index contributed by atoms with van der Waals surface area (Å²) in [5.74, 6) is 0.509. The van der Waals surface area contributed by atoms with E-state index in [1.807, 2.05) is 24.3 Å². The Kier molecular flexibility index (Phi) is 5.49. The van der Waals surface area contributed by atoms with Crippen LogP contribution in [0.3, 0.4) is 0 Å². The second-order valence-electron chi connectivity index (χ2n) is 7.60. The first-order valence-corrected chi connectivity index (χ1v) is 11.4. The van der Waals surface area contributed by atoms with E-state index in [4.69, 9.17) is 9.47 Å². The van der Waals surface area contributed by atoms with E-state index in [1.54, 1.807) is 12.1 Å². The Morgan fingerprint density at radius 2 is 1.77 bits per heavy atom. The summed E-state index contributed by atoms with van der Waals surface area (Å²) < 4.78 is 38.6. The molecule has 0 radical (unpaired) electrons. The van der Waals surface area contributed by atoms with Crippen LogP contribution in [-0.4, -0.2) is 58.8 Å². The number of methoxy groups -OCH3 is 2. The van der Waals surface area contributed by atoms with E-state index in [1.165, 1.54) is 29.5 Å². The first-order chi connectivity index (χ1) is 14.9. The topological polar surface area (TPSA) is 93.2 Å². The van der Waals surface area contributed by atoms with Crippen molar-refractivity contribution in [2.24, 2.45) is 0 Å². The molecule has 1 amide bonds. The molecule has 0 saturated carbocycles. The summed E-state index contributed by atoms with van der Waals surface area (Å²) in [6.07, 6.45) is 1.38. The van der Waals surface area contributed by atoms with Gasteiger partial charge in [-0.3, -0.25) is 4.79 Å². The largest absolute Gasteiger partial charge is 0.497 e. The number of carbonyl (C=O) groups excluding carboxylic acids is 2. The van der Waals surface area contributed by atoms with Crippen molar-refractivity contribution in [3.8, 4) is 11.5 Å². The van der Waals surface area contributed by atoms with Crippen LogP contribution in [0, 0.1) is 0 Å². The second-order valence-corrected chi connectivity index (χ2v) is 9.51. The SMILES string of the molecule is COc1ccc(OC)c(S(=O)(=O)N2CCC3(CC2)C(=O)N(CC=O)c2ccccc23)c1. The predicted molar refractivity (Wildman–Crippen MR) is 114 cm³/mol. The first-order valence-electron chi connectivity index (χ1n) is 9.96. The molecule has 0 N–H and O–H groups in total. The molecule has 0 atom stereocenters. The van der Waals surface area contributed by atoms with Gasteiger partial charge in [0, 0.05) is 24.8 Å². The fraction of sp³-hybridized carbons (Fsp3) is 0.364. The molecule has 0 bridgehead atoms. The lowest BCUT2D eigenvalue weighted by atomic mass is 9.74. The molecule has 0 unspecified atom stereocenters. The summed E-state index contributed by atoms with van der Waals surface area (Å²) in [5.41, 5.74) is 0.771. The normalized spacial score (nSPS) is 18.1. The van der Waals surface area contributed by atoms with Gasteiger partial charge in [0.1, 0.15) is 22.7 Å². The van der Waals surface area contributed by atoms with E-state index in [2.05, 4.69) is 0 Å². The molecule has 8 nitrogen and oxygen atoms in total. The van der Waals surface area contributed by atoms with Crippen molar-refractivity contribution >= 4 is 27.9 Å². The van der Waals surface area contributed by atoms with Crippen molar-refractivity contribution < 1.29 is 27.5 Å². The summed E-state index contributed by atoms with van der Waals surface area (Å²) in [6, 6.07) is 12.1. The van der Waals surface area contributed by atoms with Gasteiger partial charge in [-0.15, -0.1) is 0 Å². The Bertz CT molecular complexity index is 1120. The number of ether oxygens (including phenoxy) is 2. The molecule has 9 heteroatoms. The highest BCUT2D eigenvalue weighted by molar-refractivity contribution is 7.89. The van der Waals surface area contributed by atoms with Crippen LogP contribution in [0.25, 0.3) is 0 Å². The quantitative estimate of drug-likeness (QED) is 0.633. The fourth-order valence-corrected chi connectivity index (χ4v) is 6.18. The van der Waals surface area contributed by atoms with E-state index in [9.17, 15) is 18.0 Å². The number of aldehydes is 1. The van der Waals surface area contributed by atoms with Crippen molar-refractivity contribution in [1.29, 1.82) is 0 Å². The molecule has 2 aliphatic rings. The number of fused-ring (bicyclic) bond motifs is 2. The number of nitrogens with zero attached hydrogens (tertiary/aromatic N) is 2. The van der Waals surface area contributed by atoms with Gasteiger partial charge < -0.3 is 19.2 Å². The smallest absolute Gasteiger partial charge is 0.246 e. The lowest BCUT2D eigenvalue weighted by Crippen LogP contribution is -2.50. The van der Waals surface area contributed by atoms with Crippen LogP contribution in [0.2, 0.25) is 0 Å². The molecule has 2 aliphatic heterocycles. The number of para-hydroxylation sites is 1. The van der Waals surface area contributed by atoms with Crippen LogP contribution >= 0.6 is 0 Å². The van der Waals surface area contributed by atoms with E-state index in [0.717, 1.165) is 11.3 Å². The third-order valence-electron chi connectivity index (χ3n) is 6.19. The Labute approximate surface area is 181 Å². The standard InChI is InChI=1S/C22H24N2O6S/c1-29-16-7-8-19(30-2)20(15-16)31(27,28)23-11-9-22(10-12-23)17-5-3-4-6-18(17)24(13-14-25)21(22)26/h3-8,14-15H,9-13H2,1-2H3. The molecular formula is C22H24N2O6S. The van der Waals surface area contributed by atoms with Gasteiger partial charge in [0.25, 0.3) is 0 Å². The molecule has 2 aromatic rings. The zero-order valence-electron chi connectivity index (χ0n) is 17.4. The Morgan fingerprint density at radius 1 is 1.06 bits per heavy atom. The van der Waals surface area contributed by atoms with Gasteiger partial charge in [-0.2, -0.15) is 4.31 Å². The lowest BCUT2D eigenvalue weighted by molar-refractivity contribution is -0.125. The summed E-state index contributed by atoms with van der Waals surface area (Å²) in [6.45, 7) is 0.343. The number of carbonyl (C=O) groups is 2. The highest BCUT2D eigenvalue weighted by Gasteiger charge is 2.53. The fourth-order valence-electron chi connectivity index (χ4n) is 4.57. The van der Waals surface area contributed by atoms with Gasteiger partial charge in [-0.25, -0.2) is 8.42 Å². The minimum Gasteiger partial charge on any atom is -0.497 e. The first kappa shape index (κ1) is 21.3. The highest BCUT2D eigenvalue weighted by atomic mass is 32.2. The van der Waals surface area contributed by atoms with Gasteiger partial charge in [0.15, 0.2) is 0 Å². The number of hydrogen-bond donors (Lipinski definition) is 0. The minimum atomic E-state index is -3.85. The van der Waals surface area contributed by atoms with Crippen LogP contribution < -0.4 is 14.4 Å². The van der Waals surface area contributed by atoms with Gasteiger partial charge in [0.05, 0.1) is 26.2 Å². The molecule has 1 fully saturated rings. The zero-order chi connectivity index (χ0) is 22.2. The van der Waals surface area contributed by atoms with Crippen molar-refractivity contribution in [1.82, 2.24) is 4.31 Å². The summed E-state index contributed by atoms with van der Waals surface area (Å²) in [4.78, 5) is 26.0.